The molecule has 2 aliphatic carbocycles. The van der Waals surface area contributed by atoms with Crippen molar-refractivity contribution < 1.29 is 168 Å². The zero-order chi connectivity index (χ0) is 86.3. The van der Waals surface area contributed by atoms with E-state index < -0.39 is 17.5 Å². The topological polar surface area (TPSA) is 391 Å². The molecule has 10 N–H and O–H groups in total. The predicted octanol–water partition coefficient (Wildman–Crippen LogP) is 16.4. The summed E-state index contributed by atoms with van der Waals surface area (Å²) in [5.41, 5.74) is 18.7. The number of phenolic OH excluding ortho intramolecular Hbond substituents is 3. The molecule has 5 heterocycles. The van der Waals surface area contributed by atoms with Gasteiger partial charge in [0.25, 0.3) is 18.0 Å². The zero-order valence-electron chi connectivity index (χ0n) is 72.9. The molecule has 0 saturated carbocycles. The standard InChI is InChI=1S/C47H69N3O3.C17H8BrN3O2.C12H6O4.C10H21Br.C5H7N3O.C2H4O2.CH2O3.2K.H/c1-4-7-10-13-16-19-22-25-30-51-38-33-37-34-39(52-31-26-23-20-17-14-11-8-5-2)36-41-44(37)40(35-38)45-46(41)50-47-42(48-45)28-29-43(49-47)53-32-27-24-21-18-15-12-9-6-3;18-8-3-7-4-9(22)6-11-14(7)10(5-8)15-16(11)21-17-12(19-15)1-2-13(23)20-17;13-6-1-5-2-7(14)4-9-10(5)8(3-6)11(15)12(9)16;1-2-3-4-5-6-7-8-9-10-11;6-3-1-2-4(9)8-5(3)7;1-2(3)4;2-1-4-3;;;/h28-29,33-36H,4-27,30-32H2,1-3H3;1-6,22H,(H,20,21,23);1-4,13-14H;2-10H2,1H3;1-2H,6H2,(H3,7,8,9);1H3,(H,3,4);1,3H;;;/q;;;;;;;2*+1;-1/p-1. The Kier molecular flexibility index (Phi) is 47.4. The molecule has 14 rings (SSSR count). The molecule has 12 aromatic rings. The summed E-state index contributed by atoms with van der Waals surface area (Å²) in [5.74, 6) is 0.499. The molecule has 7 aromatic carbocycles. The fourth-order valence-electron chi connectivity index (χ4n) is 14.7. The fourth-order valence-corrected chi connectivity index (χ4v) is 15.5. The van der Waals surface area contributed by atoms with Gasteiger partial charge in [0, 0.05) is 84.1 Å². The van der Waals surface area contributed by atoms with Gasteiger partial charge in [-0.2, -0.15) is 9.97 Å². The maximum absolute atomic E-state index is 11.6. The van der Waals surface area contributed by atoms with Crippen molar-refractivity contribution in [2.24, 2.45) is 0 Å². The van der Waals surface area contributed by atoms with Gasteiger partial charge in [0.15, 0.2) is 11.3 Å². The molecule has 0 atom stereocenters. The van der Waals surface area contributed by atoms with Crippen molar-refractivity contribution in [3.05, 3.63) is 146 Å². The van der Waals surface area contributed by atoms with Crippen LogP contribution in [0.2, 0.25) is 0 Å². The minimum absolute atomic E-state index is 0. The third-order valence-electron chi connectivity index (χ3n) is 20.6. The first-order valence-corrected chi connectivity index (χ1v) is 44.5. The Morgan fingerprint density at radius 1 is 0.475 bits per heavy atom. The first kappa shape index (κ1) is 103. The number of nitrogen functional groups attached to an aromatic ring is 2. The van der Waals surface area contributed by atoms with Crippen LogP contribution in [0.4, 0.5) is 11.5 Å². The number of carbonyl (C=O) groups is 4. The summed E-state index contributed by atoms with van der Waals surface area (Å²) in [6, 6.07) is 31.2. The van der Waals surface area contributed by atoms with Crippen LogP contribution in [-0.2, 0) is 14.5 Å². The minimum Gasteiger partial charge on any atom is -1.00 e. The number of halogens is 2. The number of fused-ring (bicyclic) bond motifs is 8. The number of H-pyrrole nitrogens is 2. The average molecular weight is 1850 g/mol. The molecule has 0 aliphatic heterocycles. The number of hydrogen-bond donors (Lipinski definition) is 8. The molecular formula is C94H117Br2K2N9O15. The van der Waals surface area contributed by atoms with Gasteiger partial charge in [0.05, 0.1) is 47.9 Å². The van der Waals surface area contributed by atoms with E-state index in [-0.39, 0.29) is 156 Å². The number of aromatic amines is 2. The number of anilines is 2. The van der Waals surface area contributed by atoms with Gasteiger partial charge in [-0.05, 0) is 133 Å². The molecule has 2 aliphatic rings. The van der Waals surface area contributed by atoms with Crippen LogP contribution in [0.15, 0.2) is 123 Å². The van der Waals surface area contributed by atoms with E-state index in [4.69, 9.17) is 60.6 Å². The molecule has 0 spiro atoms. The van der Waals surface area contributed by atoms with Gasteiger partial charge in [-0.1, -0.05) is 239 Å². The summed E-state index contributed by atoms with van der Waals surface area (Å²) in [6.07, 6.45) is 42.1. The van der Waals surface area contributed by atoms with Crippen LogP contribution in [0.25, 0.3) is 99.0 Å². The summed E-state index contributed by atoms with van der Waals surface area (Å²) in [4.78, 5) is 94.7. The molecule has 122 heavy (non-hydrogen) atoms. The van der Waals surface area contributed by atoms with Crippen molar-refractivity contribution in [3.8, 4) is 57.1 Å². The Labute approximate surface area is 816 Å². The average Bonchev–Trinajstić information content (AvgIpc) is 1.59. The number of ether oxygens (including phenoxy) is 3. The molecule has 24 nitrogen and oxygen atoms in total. The summed E-state index contributed by atoms with van der Waals surface area (Å²) in [6.45, 7) is 12.1. The van der Waals surface area contributed by atoms with E-state index in [9.17, 15) is 34.5 Å². The molecule has 0 fully saturated rings. The van der Waals surface area contributed by atoms with E-state index in [2.05, 4.69) is 109 Å². The predicted molar refractivity (Wildman–Crippen MR) is 487 cm³/mol. The van der Waals surface area contributed by atoms with E-state index in [1.807, 2.05) is 24.3 Å². The number of unbranched alkanes of at least 4 members (excludes halogenated alkanes) is 28. The van der Waals surface area contributed by atoms with Crippen LogP contribution in [0, 0.1) is 0 Å². The van der Waals surface area contributed by atoms with Gasteiger partial charge >= 0.3 is 103 Å². The van der Waals surface area contributed by atoms with Crippen LogP contribution < -0.4 is 145 Å². The van der Waals surface area contributed by atoms with E-state index in [1.54, 1.807) is 18.2 Å². The van der Waals surface area contributed by atoms with Crippen LogP contribution in [-0.4, -0.2) is 104 Å². The normalized spacial score (nSPS) is 11.2. The van der Waals surface area contributed by atoms with Gasteiger partial charge in [-0.15, -0.1) is 0 Å². The zero-order valence-corrected chi connectivity index (χ0v) is 81.3. The van der Waals surface area contributed by atoms with Gasteiger partial charge in [0.2, 0.25) is 23.0 Å². The minimum atomic E-state index is -0.833. The molecule has 0 radical (unpaired) electrons. The van der Waals surface area contributed by atoms with Crippen molar-refractivity contribution in [3.63, 3.8) is 0 Å². The Morgan fingerprint density at radius 2 is 0.902 bits per heavy atom. The first-order valence-electron chi connectivity index (χ1n) is 42.5. The summed E-state index contributed by atoms with van der Waals surface area (Å²) >= 11 is 6.95. The van der Waals surface area contributed by atoms with Crippen molar-refractivity contribution >= 4 is 144 Å². The molecule has 5 aromatic heterocycles. The second-order valence-electron chi connectivity index (χ2n) is 30.3. The number of phenols is 3. The number of nitrogens with zero attached hydrogens (tertiary/aromatic N) is 5. The molecule has 0 amide bonds. The van der Waals surface area contributed by atoms with Crippen LogP contribution in [0.5, 0.6) is 34.6 Å². The number of carboxylic acids is 1. The second kappa shape index (κ2) is 55.9. The van der Waals surface area contributed by atoms with E-state index >= 15 is 0 Å². The number of nitrogens with two attached hydrogens (primary N) is 2. The number of pyridine rings is 3. The quantitative estimate of drug-likeness (QED) is 0.00337. The van der Waals surface area contributed by atoms with Crippen molar-refractivity contribution in [1.82, 2.24) is 34.9 Å². The number of aromatic hydroxyl groups is 3. The second-order valence-corrected chi connectivity index (χ2v) is 32.0. The number of alkyl halides is 1. The molecule has 644 valence electrons. The first-order chi connectivity index (χ1) is 58.1. The van der Waals surface area contributed by atoms with E-state index in [0.29, 0.717) is 45.8 Å². The third-order valence-corrected chi connectivity index (χ3v) is 21.6. The smallest absolute Gasteiger partial charge is 1.00 e. The Morgan fingerprint density at radius 3 is 1.37 bits per heavy atom. The van der Waals surface area contributed by atoms with Crippen LogP contribution >= 0.6 is 31.9 Å². The van der Waals surface area contributed by atoms with Crippen LogP contribution in [0.1, 0.15) is 262 Å². The van der Waals surface area contributed by atoms with Gasteiger partial charge in [-0.25, -0.2) is 15.0 Å². The molecule has 28 heteroatoms. The monoisotopic (exact) mass is 1850 g/mol. The van der Waals surface area contributed by atoms with E-state index in [1.165, 1.54) is 239 Å². The van der Waals surface area contributed by atoms with Crippen molar-refractivity contribution in [1.29, 1.82) is 0 Å². The SMILES string of the molecule is CC(=O)O.CCCCCCCCCCBr.CCCCCCCCCCOc1cc2c3c(cc(OCCCCCCCCCC)cc3c1)-c1nc3nc(OCCCCCCCCCC)ccc3nc1-2.Nc1ccc(=O)[nH]c1N.O=C1C(=O)c2cc(O)cc3cc(O)cc1c23.O=CO[O-].O=c1ccc2nc3c4cc(Br)cc5cc(O)cc(c3[nH]c2n1)c54.[H-].[K+].[K+]. The number of hydrogen-bond acceptors (Lipinski definition) is 21. The maximum Gasteiger partial charge on any atom is 1.00 e. The Bertz CT molecular complexity index is 5400. The number of carboxylic acid groups (broad SMARTS) is 1. The molecule has 0 unspecified atom stereocenters. The van der Waals surface area contributed by atoms with E-state index in [0.717, 1.165) is 121 Å². The summed E-state index contributed by atoms with van der Waals surface area (Å²) < 4.78 is 19.8. The number of benzene rings is 6. The van der Waals surface area contributed by atoms with Crippen molar-refractivity contribution in [2.75, 3.05) is 36.6 Å². The number of ketones is 2. The summed E-state index contributed by atoms with van der Waals surface area (Å²) in [5, 5.41) is 53.0. The largest absolute Gasteiger partial charge is 1.00 e. The van der Waals surface area contributed by atoms with Gasteiger partial charge < -0.3 is 67.6 Å². The molecule has 0 saturated heterocycles. The molecular weight excluding hydrogens is 1730 g/mol. The Balaban J connectivity index is 0.000000311. The number of Topliss-reactive ketones (excluding diaryl/α,β-unsaturated/α-hetero) is 2. The number of rotatable bonds is 39. The van der Waals surface area contributed by atoms with Gasteiger partial charge in [-0.3, -0.25) is 28.8 Å². The third kappa shape index (κ3) is 32.0. The summed E-state index contributed by atoms with van der Waals surface area (Å²) in [7, 11) is 0. The number of nitrogens with one attached hydrogen (secondary N) is 2. The number of aliphatic carboxylic acids is 1. The van der Waals surface area contributed by atoms with Crippen LogP contribution in [0.3, 0.4) is 0 Å². The van der Waals surface area contributed by atoms with Gasteiger partial charge in [0.1, 0.15) is 45.6 Å². The van der Waals surface area contributed by atoms with Crippen molar-refractivity contribution in [2.45, 2.75) is 240 Å². The fraction of sp³-hybridized carbons (Fsp3) is 0.436. The Hall–Kier alpha value is -7.30. The number of aromatic nitrogens is 7. The number of carbonyl (C=O) groups excluding carboxylic acids is 3. The molecule has 0 bridgehead atoms. The maximum atomic E-state index is 11.6.